The minimum absolute atomic E-state index is 0.117. The lowest BCUT2D eigenvalue weighted by atomic mass is 10.0. The second-order valence-corrected chi connectivity index (χ2v) is 7.94. The predicted molar refractivity (Wildman–Crippen MR) is 94.6 cm³/mol. The molecule has 0 spiro atoms. The van der Waals surface area contributed by atoms with Gasteiger partial charge in [-0.05, 0) is 54.5 Å². The van der Waals surface area contributed by atoms with E-state index in [0.29, 0.717) is 17.3 Å². The van der Waals surface area contributed by atoms with E-state index in [0.717, 1.165) is 25.0 Å². The molecular formula is C19H17F3N2O2S. The lowest BCUT2D eigenvalue weighted by molar-refractivity contribution is -0.137. The summed E-state index contributed by atoms with van der Waals surface area (Å²) in [6.07, 6.45) is -2.80. The highest BCUT2D eigenvalue weighted by atomic mass is 32.1. The fourth-order valence-corrected chi connectivity index (χ4v) is 4.66. The highest BCUT2D eigenvalue weighted by Crippen LogP contribution is 2.39. The van der Waals surface area contributed by atoms with Gasteiger partial charge in [0.15, 0.2) is 0 Å². The molecule has 2 fully saturated rings. The van der Waals surface area contributed by atoms with Crippen molar-refractivity contribution < 1.29 is 22.8 Å². The van der Waals surface area contributed by atoms with Gasteiger partial charge in [0.05, 0.1) is 16.5 Å². The Morgan fingerprint density at radius 1 is 1.11 bits per heavy atom. The van der Waals surface area contributed by atoms with Crippen LogP contribution in [0.3, 0.4) is 0 Å². The number of hydrogen-bond acceptors (Lipinski definition) is 3. The zero-order chi connectivity index (χ0) is 19.2. The van der Waals surface area contributed by atoms with E-state index in [4.69, 9.17) is 0 Å². The van der Waals surface area contributed by atoms with Gasteiger partial charge in [0, 0.05) is 18.2 Å². The van der Waals surface area contributed by atoms with Gasteiger partial charge in [-0.2, -0.15) is 13.2 Å². The van der Waals surface area contributed by atoms with Crippen LogP contribution in [0, 0.1) is 5.92 Å². The molecule has 3 atom stereocenters. The number of benzene rings is 1. The molecule has 0 unspecified atom stereocenters. The van der Waals surface area contributed by atoms with E-state index in [2.05, 4.69) is 5.32 Å². The topological polar surface area (TPSA) is 49.4 Å². The molecule has 1 aliphatic heterocycles. The zero-order valence-electron chi connectivity index (χ0n) is 14.2. The number of piperidine rings is 1. The molecule has 2 aromatic rings. The molecule has 1 N–H and O–H groups in total. The summed E-state index contributed by atoms with van der Waals surface area (Å²) in [6.45, 7) is 0.579. The van der Waals surface area contributed by atoms with Crippen molar-refractivity contribution in [3.05, 3.63) is 57.8 Å². The van der Waals surface area contributed by atoms with Crippen molar-refractivity contribution in [3.63, 3.8) is 0 Å². The number of carbonyl (C=O) groups excluding carboxylic acids is 2. The van der Waals surface area contributed by atoms with Crippen molar-refractivity contribution in [2.75, 3.05) is 6.54 Å². The molecule has 1 aromatic carbocycles. The first-order chi connectivity index (χ1) is 12.8. The van der Waals surface area contributed by atoms with Crippen molar-refractivity contribution in [2.45, 2.75) is 31.1 Å². The summed E-state index contributed by atoms with van der Waals surface area (Å²) in [5, 5.41) is 4.84. The Labute approximate surface area is 158 Å². The van der Waals surface area contributed by atoms with Gasteiger partial charge in [-0.15, -0.1) is 11.3 Å². The Bertz CT molecular complexity index is 849. The highest BCUT2D eigenvalue weighted by molar-refractivity contribution is 7.12. The Morgan fingerprint density at radius 2 is 1.85 bits per heavy atom. The summed E-state index contributed by atoms with van der Waals surface area (Å²) in [5.74, 6) is -0.127. The molecule has 27 heavy (non-hydrogen) atoms. The maximum Gasteiger partial charge on any atom is 0.416 e. The van der Waals surface area contributed by atoms with Gasteiger partial charge in [0.2, 0.25) is 0 Å². The summed E-state index contributed by atoms with van der Waals surface area (Å²) in [5.41, 5.74) is -0.540. The van der Waals surface area contributed by atoms with Gasteiger partial charge in [-0.25, -0.2) is 0 Å². The van der Waals surface area contributed by atoms with Crippen LogP contribution in [0.25, 0.3) is 0 Å². The number of likely N-dealkylation sites (tertiary alicyclic amines) is 1. The second kappa shape index (κ2) is 6.67. The molecule has 2 heterocycles. The third-order valence-corrected chi connectivity index (χ3v) is 6.13. The first-order valence-electron chi connectivity index (χ1n) is 8.65. The SMILES string of the molecule is O=C(N[C@H]1C[C@@H]2C[C@H]1N(C(=O)c1ccc(C(F)(F)F)cc1)C2)c1cccs1. The van der Waals surface area contributed by atoms with Crippen LogP contribution < -0.4 is 5.32 Å². The quantitative estimate of drug-likeness (QED) is 0.861. The van der Waals surface area contributed by atoms with Crippen molar-refractivity contribution in [2.24, 2.45) is 5.92 Å². The number of nitrogens with one attached hydrogen (secondary N) is 1. The predicted octanol–water partition coefficient (Wildman–Crippen LogP) is 3.80. The number of carbonyl (C=O) groups is 2. The van der Waals surface area contributed by atoms with Gasteiger partial charge in [-0.1, -0.05) is 6.07 Å². The maximum absolute atomic E-state index is 12.8. The summed E-state index contributed by atoms with van der Waals surface area (Å²) in [7, 11) is 0. The van der Waals surface area contributed by atoms with E-state index in [1.165, 1.54) is 23.5 Å². The number of halogens is 3. The molecule has 8 heteroatoms. The molecule has 1 aliphatic carbocycles. The molecular weight excluding hydrogens is 377 g/mol. The van der Waals surface area contributed by atoms with Gasteiger partial charge in [0.1, 0.15) is 0 Å². The van der Waals surface area contributed by atoms with E-state index >= 15 is 0 Å². The Morgan fingerprint density at radius 3 is 2.44 bits per heavy atom. The fourth-order valence-electron chi connectivity index (χ4n) is 4.03. The van der Waals surface area contributed by atoms with Crippen LogP contribution >= 0.6 is 11.3 Å². The molecule has 4 nitrogen and oxygen atoms in total. The lowest BCUT2D eigenvalue weighted by Gasteiger charge is -2.33. The molecule has 0 radical (unpaired) electrons. The minimum Gasteiger partial charge on any atom is -0.347 e. The van der Waals surface area contributed by atoms with Crippen molar-refractivity contribution in [1.29, 1.82) is 0 Å². The second-order valence-electron chi connectivity index (χ2n) is 6.99. The smallest absolute Gasteiger partial charge is 0.347 e. The van der Waals surface area contributed by atoms with Crippen LogP contribution in [0.15, 0.2) is 41.8 Å². The van der Waals surface area contributed by atoms with Crippen LogP contribution in [0.5, 0.6) is 0 Å². The third-order valence-electron chi connectivity index (χ3n) is 5.26. The largest absolute Gasteiger partial charge is 0.416 e. The summed E-state index contributed by atoms with van der Waals surface area (Å²) >= 11 is 1.36. The average molecular weight is 394 g/mol. The van der Waals surface area contributed by atoms with Crippen molar-refractivity contribution in [1.82, 2.24) is 10.2 Å². The van der Waals surface area contributed by atoms with Crippen LogP contribution in [0.1, 0.15) is 38.4 Å². The zero-order valence-corrected chi connectivity index (χ0v) is 15.0. The molecule has 2 bridgehead atoms. The summed E-state index contributed by atoms with van der Waals surface area (Å²) in [6, 6.07) is 7.60. The monoisotopic (exact) mass is 394 g/mol. The van der Waals surface area contributed by atoms with Gasteiger partial charge < -0.3 is 10.2 Å². The standard InChI is InChI=1S/C19H17F3N2O2S/c20-19(21,22)13-5-3-12(4-6-13)18(26)24-10-11-8-14(15(24)9-11)23-17(25)16-2-1-7-27-16/h1-7,11,14-15H,8-10H2,(H,23,25)/t11-,14+,15-/m1/s1. The van der Waals surface area contributed by atoms with Crippen molar-refractivity contribution in [3.8, 4) is 0 Å². The molecule has 4 rings (SSSR count). The number of alkyl halides is 3. The first kappa shape index (κ1) is 18.0. The molecule has 2 aliphatic rings. The van der Waals surface area contributed by atoms with E-state index in [1.54, 1.807) is 17.0 Å². The summed E-state index contributed by atoms with van der Waals surface area (Å²) in [4.78, 5) is 27.4. The third kappa shape index (κ3) is 3.45. The molecule has 1 aromatic heterocycles. The van der Waals surface area contributed by atoms with Gasteiger partial charge in [-0.3, -0.25) is 9.59 Å². The average Bonchev–Trinajstić information content (AvgIpc) is 3.37. The normalized spacial score (nSPS) is 24.3. The Hall–Kier alpha value is -2.35. The number of hydrogen-bond donors (Lipinski definition) is 1. The number of nitrogens with zero attached hydrogens (tertiary/aromatic N) is 1. The first-order valence-corrected chi connectivity index (χ1v) is 9.53. The molecule has 1 saturated carbocycles. The Balaban J connectivity index is 1.46. The van der Waals surface area contributed by atoms with Gasteiger partial charge in [0.25, 0.3) is 11.8 Å². The highest BCUT2D eigenvalue weighted by Gasteiger charge is 2.47. The minimum atomic E-state index is -4.43. The fraction of sp³-hybridized carbons (Fsp3) is 0.368. The molecule has 1 saturated heterocycles. The number of rotatable bonds is 3. The number of thiophene rings is 1. The van der Waals surface area contributed by atoms with Crippen molar-refractivity contribution >= 4 is 23.2 Å². The maximum atomic E-state index is 12.8. The van der Waals surface area contributed by atoms with E-state index in [9.17, 15) is 22.8 Å². The van der Waals surface area contributed by atoms with Crippen LogP contribution in [-0.4, -0.2) is 35.3 Å². The van der Waals surface area contributed by atoms with E-state index < -0.39 is 11.7 Å². The van der Waals surface area contributed by atoms with Crippen LogP contribution in [0.4, 0.5) is 13.2 Å². The van der Waals surface area contributed by atoms with E-state index in [-0.39, 0.29) is 29.5 Å². The molecule has 142 valence electrons. The number of amides is 2. The van der Waals surface area contributed by atoms with Crippen LogP contribution in [0.2, 0.25) is 0 Å². The summed E-state index contributed by atoms with van der Waals surface area (Å²) < 4.78 is 38.1. The van der Waals surface area contributed by atoms with E-state index in [1.807, 2.05) is 5.38 Å². The van der Waals surface area contributed by atoms with Gasteiger partial charge >= 0.3 is 6.18 Å². The molecule has 2 amide bonds. The van der Waals surface area contributed by atoms with Crippen LogP contribution in [-0.2, 0) is 6.18 Å². The Kier molecular flexibility index (Phi) is 4.46. The lowest BCUT2D eigenvalue weighted by Crippen LogP contribution is -2.51. The number of fused-ring (bicyclic) bond motifs is 2.